The molecule has 1 aliphatic rings. The Labute approximate surface area is 103 Å². The lowest BCUT2D eigenvalue weighted by atomic mass is 10.1. The van der Waals surface area contributed by atoms with Crippen molar-refractivity contribution in [1.82, 2.24) is 10.2 Å². The van der Waals surface area contributed by atoms with E-state index >= 15 is 0 Å². The maximum Gasteiger partial charge on any atom is 0.223 e. The first-order valence-electron chi connectivity index (χ1n) is 6.28. The monoisotopic (exact) mass is 244 g/mol. The largest absolute Gasteiger partial charge is 0.338 e. The average Bonchev–Trinajstić information content (AvgIpc) is 2.34. The fourth-order valence-corrected chi connectivity index (χ4v) is 2.56. The molecule has 1 saturated heterocycles. The molecular formula is C12H24N2OS. The summed E-state index contributed by atoms with van der Waals surface area (Å²) in [7, 11) is 0. The van der Waals surface area contributed by atoms with Crippen LogP contribution in [0.2, 0.25) is 0 Å². The molecule has 0 aromatic rings. The van der Waals surface area contributed by atoms with Crippen LogP contribution in [0.1, 0.15) is 32.6 Å². The van der Waals surface area contributed by atoms with Crippen molar-refractivity contribution in [2.24, 2.45) is 0 Å². The van der Waals surface area contributed by atoms with Gasteiger partial charge in [0.15, 0.2) is 0 Å². The average molecular weight is 244 g/mol. The second kappa shape index (κ2) is 7.96. The molecule has 3 nitrogen and oxygen atoms in total. The third kappa shape index (κ3) is 4.34. The molecule has 1 heterocycles. The Bertz CT molecular complexity index is 205. The topological polar surface area (TPSA) is 32.3 Å². The molecule has 4 heteroatoms. The second-order valence-electron chi connectivity index (χ2n) is 4.33. The predicted molar refractivity (Wildman–Crippen MR) is 70.9 cm³/mol. The number of nitrogens with zero attached hydrogens (tertiary/aromatic N) is 1. The van der Waals surface area contributed by atoms with Crippen molar-refractivity contribution in [3.05, 3.63) is 0 Å². The molecule has 94 valence electrons. The van der Waals surface area contributed by atoms with E-state index in [1.807, 2.05) is 0 Å². The zero-order chi connectivity index (χ0) is 11.8. The lowest BCUT2D eigenvalue weighted by molar-refractivity contribution is -0.133. The van der Waals surface area contributed by atoms with E-state index in [-0.39, 0.29) is 0 Å². The highest BCUT2D eigenvalue weighted by Gasteiger charge is 2.23. The van der Waals surface area contributed by atoms with Crippen LogP contribution in [0.3, 0.4) is 0 Å². The summed E-state index contributed by atoms with van der Waals surface area (Å²) < 4.78 is 0. The van der Waals surface area contributed by atoms with Crippen LogP contribution >= 0.6 is 11.8 Å². The van der Waals surface area contributed by atoms with Gasteiger partial charge in [0, 0.05) is 31.3 Å². The number of hydrogen-bond acceptors (Lipinski definition) is 3. The Morgan fingerprint density at radius 3 is 2.94 bits per heavy atom. The third-order valence-corrected chi connectivity index (χ3v) is 3.63. The van der Waals surface area contributed by atoms with Crippen LogP contribution in [0, 0.1) is 0 Å². The molecule has 0 aromatic heterocycles. The molecule has 1 aliphatic heterocycles. The Morgan fingerprint density at radius 2 is 2.38 bits per heavy atom. The van der Waals surface area contributed by atoms with Crippen molar-refractivity contribution in [2.75, 3.05) is 31.6 Å². The van der Waals surface area contributed by atoms with Gasteiger partial charge < -0.3 is 10.2 Å². The number of carbonyl (C=O) groups excluding carboxylic acids is 1. The van der Waals surface area contributed by atoms with Crippen molar-refractivity contribution in [3.8, 4) is 0 Å². The van der Waals surface area contributed by atoms with Gasteiger partial charge in [-0.05, 0) is 32.1 Å². The molecule has 0 spiro atoms. The van der Waals surface area contributed by atoms with E-state index in [0.29, 0.717) is 18.4 Å². The van der Waals surface area contributed by atoms with Crippen LogP contribution in [-0.4, -0.2) is 48.5 Å². The lowest BCUT2D eigenvalue weighted by Gasteiger charge is -2.34. The van der Waals surface area contributed by atoms with Crippen molar-refractivity contribution in [2.45, 2.75) is 38.6 Å². The summed E-state index contributed by atoms with van der Waals surface area (Å²) >= 11 is 1.75. The molecule has 16 heavy (non-hydrogen) atoms. The highest BCUT2D eigenvalue weighted by Crippen LogP contribution is 2.13. The van der Waals surface area contributed by atoms with Gasteiger partial charge in [-0.2, -0.15) is 11.8 Å². The van der Waals surface area contributed by atoms with E-state index < -0.39 is 0 Å². The molecule has 0 aromatic carbocycles. The normalized spacial score (nSPS) is 20.8. The van der Waals surface area contributed by atoms with Crippen LogP contribution in [0.5, 0.6) is 0 Å². The quantitative estimate of drug-likeness (QED) is 0.772. The van der Waals surface area contributed by atoms with Gasteiger partial charge in [-0.15, -0.1) is 0 Å². The van der Waals surface area contributed by atoms with Gasteiger partial charge in [0.05, 0.1) is 0 Å². The van der Waals surface area contributed by atoms with Crippen LogP contribution in [-0.2, 0) is 4.79 Å². The Kier molecular flexibility index (Phi) is 6.88. The van der Waals surface area contributed by atoms with E-state index in [9.17, 15) is 4.79 Å². The van der Waals surface area contributed by atoms with Gasteiger partial charge in [-0.3, -0.25) is 4.79 Å². The predicted octanol–water partition coefficient (Wildman–Crippen LogP) is 1.73. The van der Waals surface area contributed by atoms with E-state index in [1.54, 1.807) is 11.8 Å². The molecule has 1 rings (SSSR count). The van der Waals surface area contributed by atoms with E-state index in [2.05, 4.69) is 23.4 Å². The molecule has 1 unspecified atom stereocenters. The van der Waals surface area contributed by atoms with Crippen molar-refractivity contribution in [1.29, 1.82) is 0 Å². The number of nitrogens with one attached hydrogen (secondary N) is 1. The molecule has 1 fully saturated rings. The van der Waals surface area contributed by atoms with Gasteiger partial charge in [0.2, 0.25) is 5.91 Å². The molecule has 0 bridgehead atoms. The summed E-state index contributed by atoms with van der Waals surface area (Å²) in [6.07, 6.45) is 6.16. The van der Waals surface area contributed by atoms with Gasteiger partial charge in [-0.25, -0.2) is 0 Å². The van der Waals surface area contributed by atoms with E-state index in [0.717, 1.165) is 38.2 Å². The van der Waals surface area contributed by atoms with Gasteiger partial charge in [0.25, 0.3) is 0 Å². The Morgan fingerprint density at radius 1 is 1.56 bits per heavy atom. The molecule has 1 amide bonds. The standard InChI is InChI=1S/C12H24N2OS/c1-3-8-14(12(15)6-9-16-2)11-5-4-7-13-10-11/h11,13H,3-10H2,1-2H3. The third-order valence-electron chi connectivity index (χ3n) is 3.02. The maximum atomic E-state index is 12.1. The zero-order valence-electron chi connectivity index (χ0n) is 10.5. The minimum atomic E-state index is 0.338. The summed E-state index contributed by atoms with van der Waals surface area (Å²) in [5.74, 6) is 1.28. The fourth-order valence-electron chi connectivity index (χ4n) is 2.18. The molecule has 1 atom stereocenters. The molecule has 1 N–H and O–H groups in total. The van der Waals surface area contributed by atoms with Gasteiger partial charge in [0.1, 0.15) is 0 Å². The maximum absolute atomic E-state index is 12.1. The minimum Gasteiger partial charge on any atom is -0.338 e. The molecule has 0 radical (unpaired) electrons. The number of amides is 1. The summed E-state index contributed by atoms with van der Waals surface area (Å²) in [4.78, 5) is 14.2. The first kappa shape index (κ1) is 13.8. The molecular weight excluding hydrogens is 220 g/mol. The van der Waals surface area contributed by atoms with E-state index in [4.69, 9.17) is 0 Å². The smallest absolute Gasteiger partial charge is 0.223 e. The zero-order valence-corrected chi connectivity index (χ0v) is 11.3. The number of rotatable bonds is 6. The highest BCUT2D eigenvalue weighted by atomic mass is 32.2. The Hall–Kier alpha value is -0.220. The minimum absolute atomic E-state index is 0.338. The number of carbonyl (C=O) groups is 1. The molecule has 0 saturated carbocycles. The second-order valence-corrected chi connectivity index (χ2v) is 5.32. The Balaban J connectivity index is 2.47. The van der Waals surface area contributed by atoms with Crippen LogP contribution in [0.15, 0.2) is 0 Å². The first-order valence-corrected chi connectivity index (χ1v) is 7.68. The SMILES string of the molecule is CCCN(C(=O)CCSC)C1CCCNC1. The fraction of sp³-hybridized carbons (Fsp3) is 0.917. The number of thioether (sulfide) groups is 1. The van der Waals surface area contributed by atoms with Crippen molar-refractivity contribution in [3.63, 3.8) is 0 Å². The van der Waals surface area contributed by atoms with Crippen LogP contribution < -0.4 is 5.32 Å². The molecule has 0 aliphatic carbocycles. The highest BCUT2D eigenvalue weighted by molar-refractivity contribution is 7.98. The number of hydrogen-bond donors (Lipinski definition) is 1. The van der Waals surface area contributed by atoms with Crippen molar-refractivity contribution < 1.29 is 4.79 Å². The van der Waals surface area contributed by atoms with Crippen molar-refractivity contribution >= 4 is 17.7 Å². The number of piperidine rings is 1. The summed E-state index contributed by atoms with van der Waals surface area (Å²) in [6.45, 7) is 5.14. The van der Waals surface area contributed by atoms with Crippen LogP contribution in [0.25, 0.3) is 0 Å². The summed E-state index contributed by atoms with van der Waals surface area (Å²) in [6, 6.07) is 0.433. The first-order chi connectivity index (χ1) is 7.79. The lowest BCUT2D eigenvalue weighted by Crippen LogP contribution is -2.49. The summed E-state index contributed by atoms with van der Waals surface area (Å²) in [5.41, 5.74) is 0. The van der Waals surface area contributed by atoms with Gasteiger partial charge >= 0.3 is 0 Å². The summed E-state index contributed by atoms with van der Waals surface area (Å²) in [5, 5.41) is 3.39. The van der Waals surface area contributed by atoms with E-state index in [1.165, 1.54) is 6.42 Å². The van der Waals surface area contributed by atoms with Crippen LogP contribution in [0.4, 0.5) is 0 Å². The van der Waals surface area contributed by atoms with Gasteiger partial charge in [-0.1, -0.05) is 6.92 Å².